The number of halogens is 1. The highest BCUT2D eigenvalue weighted by molar-refractivity contribution is 5.81. The summed E-state index contributed by atoms with van der Waals surface area (Å²) in [5.74, 6) is -0.713. The van der Waals surface area contributed by atoms with Gasteiger partial charge in [-0.15, -0.1) is 0 Å². The van der Waals surface area contributed by atoms with Crippen molar-refractivity contribution in [2.24, 2.45) is 17.6 Å². The highest BCUT2D eigenvalue weighted by atomic mass is 19.1. The molecular formula is C19H27FN2O2. The van der Waals surface area contributed by atoms with Crippen molar-refractivity contribution in [3.8, 4) is 0 Å². The van der Waals surface area contributed by atoms with Crippen LogP contribution >= 0.6 is 0 Å². The molecule has 0 aliphatic carbocycles. The molecular weight excluding hydrogens is 307 g/mol. The van der Waals surface area contributed by atoms with Crippen molar-refractivity contribution >= 4 is 11.8 Å². The van der Waals surface area contributed by atoms with Gasteiger partial charge in [-0.3, -0.25) is 9.59 Å². The third-order valence-electron chi connectivity index (χ3n) is 5.04. The first-order chi connectivity index (χ1) is 11.3. The Morgan fingerprint density at radius 2 is 2.04 bits per heavy atom. The van der Waals surface area contributed by atoms with Gasteiger partial charge in [-0.2, -0.15) is 0 Å². The van der Waals surface area contributed by atoms with Gasteiger partial charge in [-0.05, 0) is 56.7 Å². The van der Waals surface area contributed by atoms with Gasteiger partial charge in [0, 0.05) is 18.5 Å². The maximum absolute atomic E-state index is 13.3. The Morgan fingerprint density at radius 1 is 1.33 bits per heavy atom. The van der Waals surface area contributed by atoms with Gasteiger partial charge in [0.15, 0.2) is 0 Å². The summed E-state index contributed by atoms with van der Waals surface area (Å²) in [6.07, 6.45) is 2.57. The number of piperidine rings is 1. The number of hydrogen-bond acceptors (Lipinski definition) is 2. The van der Waals surface area contributed by atoms with Gasteiger partial charge in [-0.25, -0.2) is 4.39 Å². The van der Waals surface area contributed by atoms with Crippen molar-refractivity contribution in [1.29, 1.82) is 0 Å². The van der Waals surface area contributed by atoms with E-state index in [9.17, 15) is 14.0 Å². The van der Waals surface area contributed by atoms with Crippen molar-refractivity contribution in [3.05, 3.63) is 35.6 Å². The predicted molar refractivity (Wildman–Crippen MR) is 91.6 cm³/mol. The molecule has 0 bridgehead atoms. The maximum atomic E-state index is 13.3. The van der Waals surface area contributed by atoms with E-state index in [1.807, 2.05) is 31.7 Å². The number of carbonyl (C=O) groups is 2. The highest BCUT2D eigenvalue weighted by Gasteiger charge is 2.38. The molecule has 2 rings (SSSR count). The molecule has 2 amide bonds. The summed E-state index contributed by atoms with van der Waals surface area (Å²) in [7, 11) is 0. The smallest absolute Gasteiger partial charge is 0.223 e. The zero-order chi connectivity index (χ0) is 17.9. The normalized spacial score (nSPS) is 25.3. The van der Waals surface area contributed by atoms with Crippen LogP contribution < -0.4 is 5.73 Å². The van der Waals surface area contributed by atoms with Crippen LogP contribution in [0, 0.1) is 17.7 Å². The molecule has 4 atom stereocenters. The van der Waals surface area contributed by atoms with Crippen LogP contribution in [0.3, 0.4) is 0 Å². The first-order valence-corrected chi connectivity index (χ1v) is 8.64. The number of primary amides is 1. The molecule has 1 aromatic carbocycles. The Balaban J connectivity index is 2.00. The van der Waals surface area contributed by atoms with Crippen LogP contribution in [0.5, 0.6) is 0 Å². The Hall–Kier alpha value is -1.91. The number of likely N-dealkylation sites (tertiary alicyclic amines) is 1. The second-order valence-electron chi connectivity index (χ2n) is 7.12. The molecule has 24 heavy (non-hydrogen) atoms. The van der Waals surface area contributed by atoms with E-state index in [4.69, 9.17) is 5.73 Å². The number of amides is 2. The lowest BCUT2D eigenvalue weighted by Gasteiger charge is -2.43. The quantitative estimate of drug-likeness (QED) is 0.900. The average Bonchev–Trinajstić information content (AvgIpc) is 2.46. The summed E-state index contributed by atoms with van der Waals surface area (Å²) in [4.78, 5) is 26.2. The van der Waals surface area contributed by atoms with Crippen LogP contribution in [-0.4, -0.2) is 28.8 Å². The Morgan fingerprint density at radius 3 is 2.67 bits per heavy atom. The molecule has 0 saturated carbocycles. The average molecular weight is 334 g/mol. The van der Waals surface area contributed by atoms with Crippen LogP contribution in [-0.2, 0) is 16.0 Å². The van der Waals surface area contributed by atoms with E-state index < -0.39 is 0 Å². The van der Waals surface area contributed by atoms with Crippen molar-refractivity contribution in [1.82, 2.24) is 4.90 Å². The zero-order valence-electron chi connectivity index (χ0n) is 14.7. The monoisotopic (exact) mass is 334 g/mol. The minimum atomic E-state index is -0.333. The van der Waals surface area contributed by atoms with Crippen LogP contribution in [0.4, 0.5) is 4.39 Å². The Labute approximate surface area is 143 Å². The van der Waals surface area contributed by atoms with Gasteiger partial charge in [0.2, 0.25) is 11.8 Å². The van der Waals surface area contributed by atoms with Crippen LogP contribution in [0.2, 0.25) is 0 Å². The fourth-order valence-electron chi connectivity index (χ4n) is 3.79. The van der Waals surface area contributed by atoms with E-state index >= 15 is 0 Å². The summed E-state index contributed by atoms with van der Waals surface area (Å²) in [6.45, 7) is 5.91. The lowest BCUT2D eigenvalue weighted by Crippen LogP contribution is -2.54. The molecule has 2 N–H and O–H groups in total. The van der Waals surface area contributed by atoms with E-state index in [0.29, 0.717) is 12.8 Å². The number of benzene rings is 1. The minimum Gasteiger partial charge on any atom is -0.369 e. The summed E-state index contributed by atoms with van der Waals surface area (Å²) in [5, 5.41) is 0. The number of nitrogens with two attached hydrogens (primary N) is 1. The second kappa shape index (κ2) is 7.77. The first kappa shape index (κ1) is 18.4. The van der Waals surface area contributed by atoms with Crippen molar-refractivity contribution < 1.29 is 14.0 Å². The SMILES string of the molecule is CC(CC(=O)N1C(C)CCC(C(N)=O)C1C)Cc1cccc(F)c1. The molecule has 0 aromatic heterocycles. The molecule has 4 nitrogen and oxygen atoms in total. The fraction of sp³-hybridized carbons (Fsp3) is 0.579. The lowest BCUT2D eigenvalue weighted by atomic mass is 9.85. The summed E-state index contributed by atoms with van der Waals surface area (Å²) < 4.78 is 13.3. The zero-order valence-corrected chi connectivity index (χ0v) is 14.7. The largest absolute Gasteiger partial charge is 0.369 e. The molecule has 132 valence electrons. The maximum Gasteiger partial charge on any atom is 0.223 e. The fourth-order valence-corrected chi connectivity index (χ4v) is 3.79. The predicted octanol–water partition coefficient (Wildman–Crippen LogP) is 2.90. The third-order valence-corrected chi connectivity index (χ3v) is 5.04. The summed E-state index contributed by atoms with van der Waals surface area (Å²) in [6, 6.07) is 6.44. The van der Waals surface area contributed by atoms with Crippen LogP contribution in [0.1, 0.15) is 45.6 Å². The van der Waals surface area contributed by atoms with E-state index in [1.54, 1.807) is 6.07 Å². The molecule has 0 radical (unpaired) electrons. The molecule has 1 aliphatic rings. The van der Waals surface area contributed by atoms with Gasteiger partial charge in [0.25, 0.3) is 0 Å². The van der Waals surface area contributed by atoms with E-state index in [2.05, 4.69) is 0 Å². The van der Waals surface area contributed by atoms with Gasteiger partial charge >= 0.3 is 0 Å². The van der Waals surface area contributed by atoms with Crippen molar-refractivity contribution in [2.45, 2.75) is 58.5 Å². The molecule has 0 spiro atoms. The van der Waals surface area contributed by atoms with Crippen molar-refractivity contribution in [2.75, 3.05) is 0 Å². The summed E-state index contributed by atoms with van der Waals surface area (Å²) >= 11 is 0. The number of carbonyl (C=O) groups excluding carboxylic acids is 2. The van der Waals surface area contributed by atoms with Crippen LogP contribution in [0.15, 0.2) is 24.3 Å². The molecule has 1 fully saturated rings. The molecule has 1 aromatic rings. The van der Waals surface area contributed by atoms with Crippen molar-refractivity contribution in [3.63, 3.8) is 0 Å². The number of hydrogen-bond donors (Lipinski definition) is 1. The van der Waals surface area contributed by atoms with Gasteiger partial charge < -0.3 is 10.6 Å². The minimum absolute atomic E-state index is 0.0462. The van der Waals surface area contributed by atoms with Gasteiger partial charge in [-0.1, -0.05) is 19.1 Å². The Kier molecular flexibility index (Phi) is 5.97. The molecule has 1 heterocycles. The topological polar surface area (TPSA) is 63.4 Å². The van der Waals surface area contributed by atoms with Gasteiger partial charge in [0.1, 0.15) is 5.82 Å². The van der Waals surface area contributed by atoms with Gasteiger partial charge in [0.05, 0.1) is 5.92 Å². The lowest BCUT2D eigenvalue weighted by molar-refractivity contribution is -0.142. The second-order valence-corrected chi connectivity index (χ2v) is 7.12. The van der Waals surface area contributed by atoms with E-state index in [0.717, 1.165) is 18.4 Å². The highest BCUT2D eigenvalue weighted by Crippen LogP contribution is 2.29. The van der Waals surface area contributed by atoms with Crippen LogP contribution in [0.25, 0.3) is 0 Å². The van der Waals surface area contributed by atoms with E-state index in [-0.39, 0.29) is 41.6 Å². The molecule has 1 saturated heterocycles. The number of nitrogens with zero attached hydrogens (tertiary/aromatic N) is 1. The first-order valence-electron chi connectivity index (χ1n) is 8.64. The summed E-state index contributed by atoms with van der Waals surface area (Å²) in [5.41, 5.74) is 6.36. The standard InChI is InChI=1S/C19H27FN2O2/c1-12(9-15-5-4-6-16(20)11-15)10-18(23)22-13(2)7-8-17(14(22)3)19(21)24/h4-6,11-14,17H,7-10H2,1-3H3,(H2,21,24). The molecule has 5 heteroatoms. The molecule has 1 aliphatic heterocycles. The number of rotatable bonds is 5. The van der Waals surface area contributed by atoms with E-state index in [1.165, 1.54) is 12.1 Å². The third kappa shape index (κ3) is 4.34. The Bertz CT molecular complexity index is 605. The molecule has 4 unspecified atom stereocenters.